The average molecular weight is 214 g/mol. The Balaban J connectivity index is 2.57. The SMILES string of the molecule is CNCc1c(Cl)nc2n(c1=O)CCC2. The van der Waals surface area contributed by atoms with Gasteiger partial charge in [-0.1, -0.05) is 11.6 Å². The zero-order valence-electron chi connectivity index (χ0n) is 8.01. The number of nitrogens with one attached hydrogen (secondary N) is 1. The van der Waals surface area contributed by atoms with Crippen LogP contribution in [-0.2, 0) is 19.5 Å². The van der Waals surface area contributed by atoms with Crippen molar-refractivity contribution in [3.05, 3.63) is 26.9 Å². The van der Waals surface area contributed by atoms with Crippen LogP contribution < -0.4 is 10.9 Å². The second-order valence-electron chi connectivity index (χ2n) is 3.39. The molecule has 0 fully saturated rings. The van der Waals surface area contributed by atoms with E-state index in [-0.39, 0.29) is 5.56 Å². The highest BCUT2D eigenvalue weighted by Crippen LogP contribution is 2.15. The largest absolute Gasteiger partial charge is 0.315 e. The van der Waals surface area contributed by atoms with Gasteiger partial charge in [0.2, 0.25) is 0 Å². The Bertz CT molecular complexity index is 413. The summed E-state index contributed by atoms with van der Waals surface area (Å²) in [6.07, 6.45) is 1.84. The predicted octanol–water partition coefficient (Wildman–Crippen LogP) is 0.562. The summed E-state index contributed by atoms with van der Waals surface area (Å²) >= 11 is 5.93. The minimum absolute atomic E-state index is 0.00634. The van der Waals surface area contributed by atoms with Gasteiger partial charge in [-0.25, -0.2) is 4.98 Å². The lowest BCUT2D eigenvalue weighted by atomic mass is 10.3. The Morgan fingerprint density at radius 1 is 1.64 bits per heavy atom. The first-order chi connectivity index (χ1) is 6.74. The predicted molar refractivity (Wildman–Crippen MR) is 54.6 cm³/mol. The third kappa shape index (κ3) is 1.44. The molecule has 0 saturated carbocycles. The van der Waals surface area contributed by atoms with Crippen LogP contribution in [0.2, 0.25) is 5.15 Å². The molecule has 0 saturated heterocycles. The van der Waals surface area contributed by atoms with E-state index >= 15 is 0 Å². The van der Waals surface area contributed by atoms with Gasteiger partial charge < -0.3 is 5.32 Å². The average Bonchev–Trinajstić information content (AvgIpc) is 2.60. The van der Waals surface area contributed by atoms with Crippen LogP contribution in [0.5, 0.6) is 0 Å². The number of rotatable bonds is 2. The van der Waals surface area contributed by atoms with Crippen LogP contribution in [0.3, 0.4) is 0 Å². The van der Waals surface area contributed by atoms with E-state index in [0.717, 1.165) is 25.2 Å². The van der Waals surface area contributed by atoms with Crippen LogP contribution in [0, 0.1) is 0 Å². The lowest BCUT2D eigenvalue weighted by Gasteiger charge is -2.07. The van der Waals surface area contributed by atoms with Crippen LogP contribution in [0.15, 0.2) is 4.79 Å². The molecular formula is C9H12ClN3O. The van der Waals surface area contributed by atoms with Gasteiger partial charge in [0, 0.05) is 19.5 Å². The van der Waals surface area contributed by atoms with Crippen molar-refractivity contribution in [3.8, 4) is 0 Å². The van der Waals surface area contributed by atoms with Gasteiger partial charge in [0.25, 0.3) is 5.56 Å². The van der Waals surface area contributed by atoms with Gasteiger partial charge >= 0.3 is 0 Å². The van der Waals surface area contributed by atoms with E-state index < -0.39 is 0 Å². The van der Waals surface area contributed by atoms with Gasteiger partial charge in [-0.3, -0.25) is 9.36 Å². The van der Waals surface area contributed by atoms with Crippen molar-refractivity contribution in [2.45, 2.75) is 25.9 Å². The van der Waals surface area contributed by atoms with Gasteiger partial charge in [0.05, 0.1) is 5.56 Å². The summed E-state index contributed by atoms with van der Waals surface area (Å²) in [4.78, 5) is 16.1. The lowest BCUT2D eigenvalue weighted by Crippen LogP contribution is -2.27. The fraction of sp³-hybridized carbons (Fsp3) is 0.556. The number of aromatic nitrogens is 2. The molecule has 1 aromatic rings. The molecule has 1 aromatic heterocycles. The summed E-state index contributed by atoms with van der Waals surface area (Å²) in [6.45, 7) is 1.25. The zero-order valence-corrected chi connectivity index (χ0v) is 8.76. The molecule has 4 nitrogen and oxygen atoms in total. The molecular weight excluding hydrogens is 202 g/mol. The van der Waals surface area contributed by atoms with Crippen molar-refractivity contribution in [2.75, 3.05) is 7.05 Å². The first-order valence-electron chi connectivity index (χ1n) is 4.66. The standard InChI is InChI=1S/C9H12ClN3O/c1-11-5-6-8(10)12-7-3-2-4-13(7)9(6)14/h11H,2-5H2,1H3. The van der Waals surface area contributed by atoms with Crippen LogP contribution in [0.1, 0.15) is 17.8 Å². The van der Waals surface area contributed by atoms with E-state index in [2.05, 4.69) is 10.3 Å². The van der Waals surface area contributed by atoms with Crippen molar-refractivity contribution in [1.29, 1.82) is 0 Å². The number of aryl methyl sites for hydroxylation is 1. The lowest BCUT2D eigenvalue weighted by molar-refractivity contribution is 0.686. The van der Waals surface area contributed by atoms with Crippen molar-refractivity contribution >= 4 is 11.6 Å². The number of fused-ring (bicyclic) bond motifs is 1. The molecule has 0 amide bonds. The second-order valence-corrected chi connectivity index (χ2v) is 3.75. The molecule has 0 radical (unpaired) electrons. The number of nitrogens with zero attached hydrogens (tertiary/aromatic N) is 2. The molecule has 5 heteroatoms. The van der Waals surface area contributed by atoms with Gasteiger partial charge in [0.1, 0.15) is 11.0 Å². The third-order valence-corrected chi connectivity index (χ3v) is 2.74. The monoisotopic (exact) mass is 213 g/mol. The fourth-order valence-electron chi connectivity index (χ4n) is 1.75. The van der Waals surface area contributed by atoms with E-state index in [4.69, 9.17) is 11.6 Å². The molecule has 1 N–H and O–H groups in total. The highest BCUT2D eigenvalue weighted by Gasteiger charge is 2.18. The van der Waals surface area contributed by atoms with E-state index in [1.807, 2.05) is 0 Å². The second kappa shape index (κ2) is 3.71. The molecule has 2 heterocycles. The normalized spacial score (nSPS) is 14.4. The number of hydrogen-bond donors (Lipinski definition) is 1. The van der Waals surface area contributed by atoms with Crippen molar-refractivity contribution in [1.82, 2.24) is 14.9 Å². The van der Waals surface area contributed by atoms with Crippen LogP contribution in [0.25, 0.3) is 0 Å². The maximum Gasteiger partial charge on any atom is 0.259 e. The van der Waals surface area contributed by atoms with Crippen LogP contribution in [-0.4, -0.2) is 16.6 Å². The van der Waals surface area contributed by atoms with Gasteiger partial charge in [-0.05, 0) is 13.5 Å². The minimum Gasteiger partial charge on any atom is -0.315 e. The fourth-order valence-corrected chi connectivity index (χ4v) is 2.00. The summed E-state index contributed by atoms with van der Waals surface area (Å²) in [6, 6.07) is 0. The smallest absolute Gasteiger partial charge is 0.259 e. The molecule has 14 heavy (non-hydrogen) atoms. The van der Waals surface area contributed by atoms with E-state index in [9.17, 15) is 4.79 Å². The minimum atomic E-state index is 0.00634. The van der Waals surface area contributed by atoms with Gasteiger partial charge in [0.15, 0.2) is 0 Å². The molecule has 0 spiro atoms. The Kier molecular flexibility index (Phi) is 2.56. The molecule has 1 aliphatic heterocycles. The van der Waals surface area contributed by atoms with E-state index in [1.165, 1.54) is 0 Å². The van der Waals surface area contributed by atoms with Crippen molar-refractivity contribution in [2.24, 2.45) is 0 Å². The quantitative estimate of drug-likeness (QED) is 0.731. The van der Waals surface area contributed by atoms with E-state index in [0.29, 0.717) is 17.3 Å². The maximum atomic E-state index is 11.9. The molecule has 0 atom stereocenters. The third-order valence-electron chi connectivity index (χ3n) is 2.43. The summed E-state index contributed by atoms with van der Waals surface area (Å²) in [5.41, 5.74) is 0.576. The zero-order chi connectivity index (χ0) is 10.1. The number of halogens is 1. The molecule has 0 aromatic carbocycles. The molecule has 0 aliphatic carbocycles. The Hall–Kier alpha value is -0.870. The summed E-state index contributed by atoms with van der Waals surface area (Å²) in [5, 5.41) is 3.26. The van der Waals surface area contributed by atoms with Gasteiger partial charge in [-0.2, -0.15) is 0 Å². The Morgan fingerprint density at radius 3 is 3.14 bits per heavy atom. The number of hydrogen-bond acceptors (Lipinski definition) is 3. The first-order valence-corrected chi connectivity index (χ1v) is 5.04. The topological polar surface area (TPSA) is 46.9 Å². The van der Waals surface area contributed by atoms with Crippen LogP contribution >= 0.6 is 11.6 Å². The molecule has 76 valence electrons. The highest BCUT2D eigenvalue weighted by molar-refractivity contribution is 6.30. The van der Waals surface area contributed by atoms with Crippen molar-refractivity contribution < 1.29 is 0 Å². The first kappa shape index (κ1) is 9.68. The molecule has 2 rings (SSSR count). The highest BCUT2D eigenvalue weighted by atomic mass is 35.5. The van der Waals surface area contributed by atoms with E-state index in [1.54, 1.807) is 11.6 Å². The molecule has 1 aliphatic rings. The Labute approximate surface area is 86.9 Å². The molecule has 0 bridgehead atoms. The summed E-state index contributed by atoms with van der Waals surface area (Å²) in [5.74, 6) is 0.819. The summed E-state index contributed by atoms with van der Waals surface area (Å²) in [7, 11) is 1.79. The van der Waals surface area contributed by atoms with Crippen LogP contribution in [0.4, 0.5) is 0 Å². The van der Waals surface area contributed by atoms with Gasteiger partial charge in [-0.15, -0.1) is 0 Å². The maximum absolute atomic E-state index is 11.9. The van der Waals surface area contributed by atoms with Crippen molar-refractivity contribution in [3.63, 3.8) is 0 Å². The summed E-state index contributed by atoms with van der Waals surface area (Å²) < 4.78 is 1.72. The Morgan fingerprint density at radius 2 is 2.43 bits per heavy atom. The molecule has 0 unspecified atom stereocenters.